The zero-order valence-electron chi connectivity index (χ0n) is 10.5. The number of benzene rings is 1. The Morgan fingerprint density at radius 1 is 1.26 bits per heavy atom. The molecule has 4 N–H and O–H groups in total. The SMILES string of the molecule is NCC1(COc2ccc(C(F)(F)F)cc2N)CCC1. The van der Waals surface area contributed by atoms with Gasteiger partial charge in [-0.05, 0) is 31.0 Å². The van der Waals surface area contributed by atoms with Crippen LogP contribution in [0.25, 0.3) is 0 Å². The van der Waals surface area contributed by atoms with Crippen LogP contribution in [-0.2, 0) is 6.18 Å². The first kappa shape index (κ1) is 14.0. The van der Waals surface area contributed by atoms with Gasteiger partial charge < -0.3 is 16.2 Å². The molecule has 1 aromatic rings. The number of alkyl halides is 3. The van der Waals surface area contributed by atoms with Crippen LogP contribution in [0.5, 0.6) is 5.75 Å². The maximum Gasteiger partial charge on any atom is 0.416 e. The van der Waals surface area contributed by atoms with Crippen LogP contribution in [0, 0.1) is 5.41 Å². The summed E-state index contributed by atoms with van der Waals surface area (Å²) >= 11 is 0. The van der Waals surface area contributed by atoms with Crippen molar-refractivity contribution in [2.75, 3.05) is 18.9 Å². The Labute approximate surface area is 109 Å². The lowest BCUT2D eigenvalue weighted by atomic mass is 9.69. The summed E-state index contributed by atoms with van der Waals surface area (Å²) in [5.74, 6) is 0.285. The highest BCUT2D eigenvalue weighted by Crippen LogP contribution is 2.41. The van der Waals surface area contributed by atoms with Crippen molar-refractivity contribution in [1.29, 1.82) is 0 Å². The third-order valence-corrected chi connectivity index (χ3v) is 3.72. The summed E-state index contributed by atoms with van der Waals surface area (Å²) in [5.41, 5.74) is 10.5. The molecule has 6 heteroatoms. The Bertz CT molecular complexity index is 450. The molecule has 1 aromatic carbocycles. The van der Waals surface area contributed by atoms with Crippen LogP contribution < -0.4 is 16.2 Å². The van der Waals surface area contributed by atoms with Gasteiger partial charge in [0.15, 0.2) is 0 Å². The number of anilines is 1. The van der Waals surface area contributed by atoms with Gasteiger partial charge in [0.05, 0.1) is 17.9 Å². The summed E-state index contributed by atoms with van der Waals surface area (Å²) in [6, 6.07) is 3.13. The van der Waals surface area contributed by atoms with Gasteiger partial charge in [-0.3, -0.25) is 0 Å². The highest BCUT2D eigenvalue weighted by Gasteiger charge is 2.36. The number of hydrogen-bond acceptors (Lipinski definition) is 3. The Balaban J connectivity index is 2.05. The molecule has 3 nitrogen and oxygen atoms in total. The van der Waals surface area contributed by atoms with E-state index in [4.69, 9.17) is 16.2 Å². The van der Waals surface area contributed by atoms with E-state index in [0.717, 1.165) is 31.4 Å². The van der Waals surface area contributed by atoms with Crippen molar-refractivity contribution in [3.8, 4) is 5.75 Å². The van der Waals surface area contributed by atoms with E-state index in [1.165, 1.54) is 6.07 Å². The second-order valence-electron chi connectivity index (χ2n) is 5.10. The van der Waals surface area contributed by atoms with Crippen LogP contribution in [-0.4, -0.2) is 13.2 Å². The molecule has 0 radical (unpaired) electrons. The molecule has 0 aliphatic heterocycles. The summed E-state index contributed by atoms with van der Waals surface area (Å²) < 4.78 is 43.0. The van der Waals surface area contributed by atoms with Gasteiger partial charge in [-0.2, -0.15) is 13.2 Å². The van der Waals surface area contributed by atoms with Crippen LogP contribution in [0.2, 0.25) is 0 Å². The van der Waals surface area contributed by atoms with E-state index in [1.54, 1.807) is 0 Å². The predicted molar refractivity (Wildman–Crippen MR) is 66.7 cm³/mol. The second-order valence-corrected chi connectivity index (χ2v) is 5.10. The predicted octanol–water partition coefficient (Wildman–Crippen LogP) is 2.80. The minimum absolute atomic E-state index is 0.00122. The largest absolute Gasteiger partial charge is 0.491 e. The molecule has 0 saturated heterocycles. The molecular formula is C13H17F3N2O. The minimum atomic E-state index is -4.39. The van der Waals surface area contributed by atoms with Gasteiger partial charge in [-0.25, -0.2) is 0 Å². The van der Waals surface area contributed by atoms with E-state index in [0.29, 0.717) is 13.2 Å². The fraction of sp³-hybridized carbons (Fsp3) is 0.538. The van der Waals surface area contributed by atoms with Crippen molar-refractivity contribution in [3.63, 3.8) is 0 Å². The first-order valence-corrected chi connectivity index (χ1v) is 6.16. The average Bonchev–Trinajstić information content (AvgIpc) is 2.28. The van der Waals surface area contributed by atoms with Crippen molar-refractivity contribution in [2.24, 2.45) is 11.1 Å². The quantitative estimate of drug-likeness (QED) is 0.830. The molecule has 0 unspecified atom stereocenters. The molecule has 0 amide bonds. The van der Waals surface area contributed by atoms with Gasteiger partial charge in [-0.15, -0.1) is 0 Å². The second kappa shape index (κ2) is 4.92. The fourth-order valence-corrected chi connectivity index (χ4v) is 2.17. The van der Waals surface area contributed by atoms with Crippen LogP contribution in [0.4, 0.5) is 18.9 Å². The molecule has 2 rings (SSSR count). The number of nitrogen functional groups attached to an aromatic ring is 1. The van der Waals surface area contributed by atoms with Gasteiger partial charge in [-0.1, -0.05) is 6.42 Å². The molecule has 1 fully saturated rings. The summed E-state index contributed by atoms with van der Waals surface area (Å²) in [6.07, 6.45) is -1.30. The molecule has 19 heavy (non-hydrogen) atoms. The van der Waals surface area contributed by atoms with E-state index in [9.17, 15) is 13.2 Å². The van der Waals surface area contributed by atoms with E-state index < -0.39 is 11.7 Å². The number of hydrogen-bond donors (Lipinski definition) is 2. The third kappa shape index (κ3) is 2.94. The summed E-state index contributed by atoms with van der Waals surface area (Å²) in [5, 5.41) is 0. The zero-order chi connectivity index (χ0) is 14.1. The first-order valence-electron chi connectivity index (χ1n) is 6.16. The lowest BCUT2D eigenvalue weighted by Gasteiger charge is -2.40. The summed E-state index contributed by atoms with van der Waals surface area (Å²) in [7, 11) is 0. The maximum atomic E-state index is 12.5. The van der Waals surface area contributed by atoms with Gasteiger partial charge in [0.25, 0.3) is 0 Å². The smallest absolute Gasteiger partial charge is 0.416 e. The Morgan fingerprint density at radius 3 is 2.37 bits per heavy atom. The number of halogens is 3. The molecule has 1 saturated carbocycles. The third-order valence-electron chi connectivity index (χ3n) is 3.72. The fourth-order valence-electron chi connectivity index (χ4n) is 2.17. The van der Waals surface area contributed by atoms with Crippen molar-refractivity contribution in [2.45, 2.75) is 25.4 Å². The molecule has 0 bridgehead atoms. The zero-order valence-corrected chi connectivity index (χ0v) is 10.5. The van der Waals surface area contributed by atoms with Crippen LogP contribution in [0.15, 0.2) is 18.2 Å². The molecule has 1 aliphatic rings. The maximum absolute atomic E-state index is 12.5. The van der Waals surface area contributed by atoms with Crippen molar-refractivity contribution < 1.29 is 17.9 Å². The lowest BCUT2D eigenvalue weighted by molar-refractivity contribution is -0.137. The minimum Gasteiger partial charge on any atom is -0.491 e. The van der Waals surface area contributed by atoms with Gasteiger partial charge in [0.1, 0.15) is 5.75 Å². The topological polar surface area (TPSA) is 61.3 Å². The van der Waals surface area contributed by atoms with E-state index in [-0.39, 0.29) is 16.9 Å². The molecular weight excluding hydrogens is 257 g/mol. The lowest BCUT2D eigenvalue weighted by Crippen LogP contribution is -2.42. The average molecular weight is 274 g/mol. The van der Waals surface area contributed by atoms with Crippen LogP contribution in [0.3, 0.4) is 0 Å². The van der Waals surface area contributed by atoms with E-state index >= 15 is 0 Å². The van der Waals surface area contributed by atoms with Crippen molar-refractivity contribution in [1.82, 2.24) is 0 Å². The number of nitrogens with two attached hydrogens (primary N) is 2. The molecule has 0 heterocycles. The highest BCUT2D eigenvalue weighted by molar-refractivity contribution is 5.54. The Hall–Kier alpha value is -1.43. The first-order chi connectivity index (χ1) is 8.86. The van der Waals surface area contributed by atoms with Crippen molar-refractivity contribution in [3.05, 3.63) is 23.8 Å². The van der Waals surface area contributed by atoms with Gasteiger partial charge in [0, 0.05) is 12.0 Å². The normalized spacial score (nSPS) is 17.9. The highest BCUT2D eigenvalue weighted by atomic mass is 19.4. The molecule has 0 spiro atoms. The Kier molecular flexibility index (Phi) is 3.62. The standard InChI is InChI=1S/C13H17F3N2O/c14-13(15,16)9-2-3-11(10(18)6-9)19-8-12(7-17)4-1-5-12/h2-3,6H,1,4-5,7-8,17-18H2. The van der Waals surface area contributed by atoms with Crippen LogP contribution in [0.1, 0.15) is 24.8 Å². The Morgan fingerprint density at radius 2 is 1.95 bits per heavy atom. The van der Waals surface area contributed by atoms with E-state index in [2.05, 4.69) is 0 Å². The molecule has 1 aliphatic carbocycles. The molecule has 106 valence electrons. The number of rotatable bonds is 4. The molecule has 0 aromatic heterocycles. The van der Waals surface area contributed by atoms with Gasteiger partial charge >= 0.3 is 6.18 Å². The monoisotopic (exact) mass is 274 g/mol. The van der Waals surface area contributed by atoms with Crippen LogP contribution >= 0.6 is 0 Å². The van der Waals surface area contributed by atoms with Gasteiger partial charge in [0.2, 0.25) is 0 Å². The van der Waals surface area contributed by atoms with E-state index in [1.807, 2.05) is 0 Å². The summed E-state index contributed by atoms with van der Waals surface area (Å²) in [4.78, 5) is 0. The summed E-state index contributed by atoms with van der Waals surface area (Å²) in [6.45, 7) is 0.923. The number of ether oxygens (including phenoxy) is 1. The molecule has 0 atom stereocenters. The van der Waals surface area contributed by atoms with Crippen molar-refractivity contribution >= 4 is 5.69 Å².